The Labute approximate surface area is 101 Å². The second-order valence-corrected chi connectivity index (χ2v) is 3.86. The van der Waals surface area contributed by atoms with Gasteiger partial charge in [0.25, 0.3) is 0 Å². The van der Waals surface area contributed by atoms with Crippen molar-refractivity contribution in [2.75, 3.05) is 11.9 Å². The fourth-order valence-corrected chi connectivity index (χ4v) is 1.92. The van der Waals surface area contributed by atoms with E-state index in [9.17, 15) is 0 Å². The molecule has 0 heterocycles. The lowest BCUT2D eigenvalue weighted by atomic mass is 10.0. The van der Waals surface area contributed by atoms with Crippen molar-refractivity contribution in [3.63, 3.8) is 0 Å². The van der Waals surface area contributed by atoms with Gasteiger partial charge in [-0.3, -0.25) is 0 Å². The first-order valence-corrected chi connectivity index (χ1v) is 5.58. The van der Waals surface area contributed by atoms with Crippen LogP contribution in [0.2, 0.25) is 5.02 Å². The van der Waals surface area contributed by atoms with Gasteiger partial charge in [-0.05, 0) is 19.1 Å². The van der Waals surface area contributed by atoms with Crippen molar-refractivity contribution in [1.82, 2.24) is 0 Å². The first kappa shape index (κ1) is 11.0. The molecule has 0 aliphatic rings. The summed E-state index contributed by atoms with van der Waals surface area (Å²) in [5.41, 5.74) is 3.21. The molecule has 81 valence electrons. The van der Waals surface area contributed by atoms with Gasteiger partial charge in [0.05, 0.1) is 0 Å². The summed E-state index contributed by atoms with van der Waals surface area (Å²) in [5, 5.41) is 4.00. The molecule has 2 aromatic rings. The molecule has 1 radical (unpaired) electrons. The summed E-state index contributed by atoms with van der Waals surface area (Å²) in [6.07, 6.45) is 0. The van der Waals surface area contributed by atoms with Crippen LogP contribution in [0.5, 0.6) is 0 Å². The molecular weight excluding hydrogens is 218 g/mol. The van der Waals surface area contributed by atoms with Gasteiger partial charge >= 0.3 is 0 Å². The van der Waals surface area contributed by atoms with Gasteiger partial charge in [0.2, 0.25) is 0 Å². The van der Waals surface area contributed by atoms with Crippen LogP contribution < -0.4 is 5.32 Å². The highest BCUT2D eigenvalue weighted by Gasteiger charge is 2.06. The van der Waals surface area contributed by atoms with E-state index < -0.39 is 0 Å². The Morgan fingerprint density at radius 2 is 1.56 bits per heavy atom. The zero-order valence-electron chi connectivity index (χ0n) is 8.91. The van der Waals surface area contributed by atoms with E-state index in [0.717, 1.165) is 21.8 Å². The topological polar surface area (TPSA) is 12.0 Å². The number of para-hydroxylation sites is 1. The van der Waals surface area contributed by atoms with Crippen molar-refractivity contribution in [2.45, 2.75) is 0 Å². The summed E-state index contributed by atoms with van der Waals surface area (Å²) in [5.74, 6) is 0. The summed E-state index contributed by atoms with van der Waals surface area (Å²) in [4.78, 5) is 0. The molecule has 0 aromatic heterocycles. The summed E-state index contributed by atoms with van der Waals surface area (Å²) < 4.78 is 0. The van der Waals surface area contributed by atoms with E-state index in [4.69, 9.17) is 11.6 Å². The van der Waals surface area contributed by atoms with Gasteiger partial charge in [0.15, 0.2) is 0 Å². The van der Waals surface area contributed by atoms with Crippen LogP contribution in [0.15, 0.2) is 48.5 Å². The molecule has 0 saturated heterocycles. The third-order valence-corrected chi connectivity index (χ3v) is 2.74. The molecule has 0 amide bonds. The predicted molar refractivity (Wildman–Crippen MR) is 70.7 cm³/mol. The summed E-state index contributed by atoms with van der Waals surface area (Å²) >= 11 is 6.19. The summed E-state index contributed by atoms with van der Waals surface area (Å²) in [7, 11) is 0. The molecule has 0 spiro atoms. The van der Waals surface area contributed by atoms with Crippen LogP contribution in [-0.2, 0) is 0 Å². The highest BCUT2D eigenvalue weighted by atomic mass is 35.5. The van der Waals surface area contributed by atoms with E-state index in [1.54, 1.807) is 0 Å². The maximum absolute atomic E-state index is 6.19. The highest BCUT2D eigenvalue weighted by molar-refractivity contribution is 6.33. The van der Waals surface area contributed by atoms with E-state index in [2.05, 4.69) is 18.3 Å². The molecule has 0 aliphatic heterocycles. The molecular formula is C14H13ClN. The maximum atomic E-state index is 6.19. The maximum Gasteiger partial charge on any atom is 0.0485 e. The molecule has 1 N–H and O–H groups in total. The Kier molecular flexibility index (Phi) is 3.47. The Morgan fingerprint density at radius 1 is 0.938 bits per heavy atom. The van der Waals surface area contributed by atoms with E-state index in [1.807, 2.05) is 42.5 Å². The molecule has 0 atom stereocenters. The molecule has 16 heavy (non-hydrogen) atoms. The van der Waals surface area contributed by atoms with Crippen molar-refractivity contribution in [2.24, 2.45) is 0 Å². The van der Waals surface area contributed by atoms with Crippen molar-refractivity contribution in [3.8, 4) is 11.1 Å². The van der Waals surface area contributed by atoms with E-state index in [1.165, 1.54) is 0 Å². The zero-order chi connectivity index (χ0) is 11.4. The van der Waals surface area contributed by atoms with Gasteiger partial charge < -0.3 is 5.32 Å². The minimum atomic E-state index is 0.654. The number of rotatable bonds is 3. The lowest BCUT2D eigenvalue weighted by molar-refractivity contribution is 1.34. The number of hydrogen-bond donors (Lipinski definition) is 1. The smallest absolute Gasteiger partial charge is 0.0485 e. The van der Waals surface area contributed by atoms with Gasteiger partial charge in [-0.2, -0.15) is 0 Å². The molecule has 0 bridgehead atoms. The van der Waals surface area contributed by atoms with Crippen molar-refractivity contribution < 1.29 is 0 Å². The molecule has 2 heteroatoms. The van der Waals surface area contributed by atoms with Gasteiger partial charge in [0, 0.05) is 28.4 Å². The Balaban J connectivity index is 2.51. The average molecular weight is 231 g/mol. The summed E-state index contributed by atoms with van der Waals surface area (Å²) in [6, 6.07) is 15.9. The van der Waals surface area contributed by atoms with Gasteiger partial charge in [-0.25, -0.2) is 0 Å². The lowest BCUT2D eigenvalue weighted by Gasteiger charge is -2.11. The molecule has 0 fully saturated rings. The van der Waals surface area contributed by atoms with E-state index in [0.29, 0.717) is 6.54 Å². The number of nitrogens with one attached hydrogen (secondary N) is 1. The molecule has 1 nitrogen and oxygen atoms in total. The van der Waals surface area contributed by atoms with Crippen LogP contribution in [0.4, 0.5) is 5.69 Å². The van der Waals surface area contributed by atoms with Crippen LogP contribution >= 0.6 is 11.6 Å². The molecule has 0 aliphatic carbocycles. The fraction of sp³-hybridized carbons (Fsp3) is 0.0714. The van der Waals surface area contributed by atoms with Gasteiger partial charge in [-0.15, -0.1) is 0 Å². The average Bonchev–Trinajstić information content (AvgIpc) is 2.31. The minimum Gasteiger partial charge on any atom is -0.385 e. The second-order valence-electron chi connectivity index (χ2n) is 3.45. The van der Waals surface area contributed by atoms with Crippen molar-refractivity contribution in [1.29, 1.82) is 0 Å². The first-order chi connectivity index (χ1) is 7.83. The lowest BCUT2D eigenvalue weighted by Crippen LogP contribution is -1.98. The van der Waals surface area contributed by atoms with Crippen LogP contribution in [0.25, 0.3) is 11.1 Å². The van der Waals surface area contributed by atoms with E-state index in [-0.39, 0.29) is 0 Å². The highest BCUT2D eigenvalue weighted by Crippen LogP contribution is 2.32. The fourth-order valence-electron chi connectivity index (χ4n) is 1.69. The Bertz CT molecular complexity index is 480. The first-order valence-electron chi connectivity index (χ1n) is 5.20. The van der Waals surface area contributed by atoms with Crippen LogP contribution in [0.1, 0.15) is 0 Å². The van der Waals surface area contributed by atoms with Crippen LogP contribution in [0.3, 0.4) is 0 Å². The summed E-state index contributed by atoms with van der Waals surface area (Å²) in [6.45, 7) is 4.45. The zero-order valence-corrected chi connectivity index (χ0v) is 9.67. The Hall–Kier alpha value is -1.47. The normalized spacial score (nSPS) is 10.1. The monoisotopic (exact) mass is 230 g/mol. The third kappa shape index (κ3) is 2.20. The Morgan fingerprint density at radius 3 is 2.25 bits per heavy atom. The van der Waals surface area contributed by atoms with Crippen molar-refractivity contribution >= 4 is 17.3 Å². The molecule has 2 rings (SSSR count). The number of halogens is 1. The molecule has 2 aromatic carbocycles. The van der Waals surface area contributed by atoms with E-state index >= 15 is 0 Å². The van der Waals surface area contributed by atoms with Gasteiger partial charge in [-0.1, -0.05) is 48.0 Å². The number of anilines is 1. The number of hydrogen-bond acceptors (Lipinski definition) is 1. The number of benzene rings is 2. The third-order valence-electron chi connectivity index (χ3n) is 2.41. The second kappa shape index (κ2) is 5.04. The standard InChI is InChI=1S/C14H13ClN/c1-2-16-14-10-6-4-8-12(14)11-7-3-5-9-13(11)15/h3-10,16H,1-2H2. The quantitative estimate of drug-likeness (QED) is 0.831. The molecule has 0 saturated carbocycles. The SMILES string of the molecule is [CH2]CNc1ccccc1-c1ccccc1Cl. The largest absolute Gasteiger partial charge is 0.385 e. The van der Waals surface area contributed by atoms with Gasteiger partial charge in [0.1, 0.15) is 0 Å². The molecule has 0 unspecified atom stereocenters. The van der Waals surface area contributed by atoms with Crippen LogP contribution in [0, 0.1) is 6.92 Å². The minimum absolute atomic E-state index is 0.654. The predicted octanol–water partition coefficient (Wildman–Crippen LogP) is 4.25. The van der Waals surface area contributed by atoms with Crippen molar-refractivity contribution in [3.05, 3.63) is 60.5 Å². The van der Waals surface area contributed by atoms with Crippen LogP contribution in [-0.4, -0.2) is 6.54 Å².